The Bertz CT molecular complexity index is 677. The highest BCUT2D eigenvalue weighted by atomic mass is 16.3. The number of hydrogen-bond donors (Lipinski definition) is 2. The molecule has 2 N–H and O–H groups in total. The quantitative estimate of drug-likeness (QED) is 0.853. The summed E-state index contributed by atoms with van der Waals surface area (Å²) in [6.45, 7) is 2.68. The highest BCUT2D eigenvalue weighted by Gasteiger charge is 2.36. The van der Waals surface area contributed by atoms with Crippen LogP contribution in [0, 0.1) is 12.3 Å². The van der Waals surface area contributed by atoms with Gasteiger partial charge in [-0.2, -0.15) is 5.10 Å². The fourth-order valence-electron chi connectivity index (χ4n) is 3.17. The van der Waals surface area contributed by atoms with Crippen molar-refractivity contribution in [2.75, 3.05) is 13.2 Å². The van der Waals surface area contributed by atoms with Crippen molar-refractivity contribution in [2.24, 2.45) is 5.41 Å². The van der Waals surface area contributed by atoms with Gasteiger partial charge in [0, 0.05) is 25.5 Å². The Kier molecular flexibility index (Phi) is 4.43. The van der Waals surface area contributed by atoms with E-state index in [1.807, 2.05) is 19.1 Å². The largest absolute Gasteiger partial charge is 0.396 e. The minimum atomic E-state index is -0.105. The van der Waals surface area contributed by atoms with Crippen molar-refractivity contribution in [1.82, 2.24) is 20.1 Å². The van der Waals surface area contributed by atoms with E-state index >= 15 is 0 Å². The average molecular weight is 314 g/mol. The molecule has 2 aromatic rings. The first-order chi connectivity index (χ1) is 11.2. The third-order valence-corrected chi connectivity index (χ3v) is 4.84. The number of pyridine rings is 1. The van der Waals surface area contributed by atoms with Crippen LogP contribution in [0.25, 0.3) is 5.69 Å². The maximum absolute atomic E-state index is 12.5. The van der Waals surface area contributed by atoms with Gasteiger partial charge in [0.2, 0.25) is 0 Å². The van der Waals surface area contributed by atoms with E-state index in [-0.39, 0.29) is 17.9 Å². The molecular formula is C17H22N4O2. The van der Waals surface area contributed by atoms with Crippen LogP contribution in [-0.2, 0) is 0 Å². The number of hydrogen-bond acceptors (Lipinski definition) is 4. The van der Waals surface area contributed by atoms with Gasteiger partial charge in [-0.05, 0) is 43.7 Å². The molecule has 0 unspecified atom stereocenters. The van der Waals surface area contributed by atoms with Crippen molar-refractivity contribution in [3.63, 3.8) is 0 Å². The standard InChI is InChI=1S/C17H22N4O2/c1-13-15(11-20-21(13)14-3-8-18-9-4-14)16(23)19-12-17(7-10-22)5-2-6-17/h3-4,8-9,11,22H,2,5-7,10,12H2,1H3,(H,19,23). The second-order valence-corrected chi connectivity index (χ2v) is 6.27. The van der Waals surface area contributed by atoms with Gasteiger partial charge in [-0.25, -0.2) is 4.68 Å². The molecule has 1 fully saturated rings. The molecule has 0 radical (unpaired) electrons. The summed E-state index contributed by atoms with van der Waals surface area (Å²) < 4.78 is 1.74. The molecule has 0 bridgehead atoms. The second kappa shape index (κ2) is 6.50. The van der Waals surface area contributed by atoms with Crippen LogP contribution in [-0.4, -0.2) is 38.9 Å². The number of carbonyl (C=O) groups excluding carboxylic acids is 1. The zero-order valence-corrected chi connectivity index (χ0v) is 13.3. The van der Waals surface area contributed by atoms with Crippen molar-refractivity contribution < 1.29 is 9.90 Å². The van der Waals surface area contributed by atoms with Crippen LogP contribution in [0.15, 0.2) is 30.7 Å². The Morgan fingerprint density at radius 3 is 2.74 bits per heavy atom. The van der Waals surface area contributed by atoms with Crippen molar-refractivity contribution >= 4 is 5.91 Å². The predicted molar refractivity (Wildman–Crippen MR) is 86.4 cm³/mol. The normalized spacial score (nSPS) is 15.9. The van der Waals surface area contributed by atoms with Gasteiger partial charge >= 0.3 is 0 Å². The Hall–Kier alpha value is -2.21. The minimum absolute atomic E-state index is 0.0827. The van der Waals surface area contributed by atoms with E-state index in [1.54, 1.807) is 23.3 Å². The maximum Gasteiger partial charge on any atom is 0.254 e. The van der Waals surface area contributed by atoms with Gasteiger partial charge in [0.05, 0.1) is 23.1 Å². The number of aliphatic hydroxyl groups is 1. The van der Waals surface area contributed by atoms with Crippen molar-refractivity contribution in [3.05, 3.63) is 42.0 Å². The monoisotopic (exact) mass is 314 g/mol. The van der Waals surface area contributed by atoms with E-state index in [0.29, 0.717) is 12.1 Å². The van der Waals surface area contributed by atoms with Gasteiger partial charge in [0.25, 0.3) is 5.91 Å². The first kappa shape index (κ1) is 15.7. The summed E-state index contributed by atoms with van der Waals surface area (Å²) in [5.74, 6) is -0.105. The fourth-order valence-corrected chi connectivity index (χ4v) is 3.17. The lowest BCUT2D eigenvalue weighted by Crippen LogP contribution is -2.42. The van der Waals surface area contributed by atoms with Crippen LogP contribution in [0.5, 0.6) is 0 Å². The number of nitrogens with zero attached hydrogens (tertiary/aromatic N) is 3. The van der Waals surface area contributed by atoms with Crippen LogP contribution in [0.4, 0.5) is 0 Å². The van der Waals surface area contributed by atoms with Crippen molar-refractivity contribution in [2.45, 2.75) is 32.6 Å². The van der Waals surface area contributed by atoms with E-state index < -0.39 is 0 Å². The predicted octanol–water partition coefficient (Wildman–Crippen LogP) is 1.86. The van der Waals surface area contributed by atoms with Gasteiger partial charge in [-0.15, -0.1) is 0 Å². The topological polar surface area (TPSA) is 80.0 Å². The SMILES string of the molecule is Cc1c(C(=O)NCC2(CCO)CCC2)cnn1-c1ccncc1. The summed E-state index contributed by atoms with van der Waals surface area (Å²) >= 11 is 0. The molecule has 0 aromatic carbocycles. The summed E-state index contributed by atoms with van der Waals surface area (Å²) in [5.41, 5.74) is 2.35. The third kappa shape index (κ3) is 3.12. The molecule has 122 valence electrons. The molecule has 1 saturated carbocycles. The van der Waals surface area contributed by atoms with Gasteiger partial charge in [0.15, 0.2) is 0 Å². The Morgan fingerprint density at radius 2 is 2.13 bits per heavy atom. The summed E-state index contributed by atoms with van der Waals surface area (Å²) in [7, 11) is 0. The summed E-state index contributed by atoms with van der Waals surface area (Å²) in [6.07, 6.45) is 9.07. The van der Waals surface area contributed by atoms with Gasteiger partial charge < -0.3 is 10.4 Å². The molecule has 2 aromatic heterocycles. The molecule has 0 saturated heterocycles. The van der Waals surface area contributed by atoms with Crippen LogP contribution in [0.2, 0.25) is 0 Å². The molecule has 0 aliphatic heterocycles. The Labute approximate surface area is 135 Å². The number of aliphatic hydroxyl groups excluding tert-OH is 1. The summed E-state index contributed by atoms with van der Waals surface area (Å²) in [4.78, 5) is 16.5. The Balaban J connectivity index is 1.70. The fraction of sp³-hybridized carbons (Fsp3) is 0.471. The minimum Gasteiger partial charge on any atom is -0.396 e. The van der Waals surface area contributed by atoms with Crippen LogP contribution < -0.4 is 5.32 Å². The van der Waals surface area contributed by atoms with Gasteiger partial charge in [-0.3, -0.25) is 9.78 Å². The van der Waals surface area contributed by atoms with E-state index in [0.717, 1.165) is 30.6 Å². The number of rotatable bonds is 6. The van der Waals surface area contributed by atoms with E-state index in [4.69, 9.17) is 0 Å². The van der Waals surface area contributed by atoms with Crippen LogP contribution >= 0.6 is 0 Å². The molecule has 1 aliphatic rings. The number of carbonyl (C=O) groups is 1. The molecule has 1 amide bonds. The van der Waals surface area contributed by atoms with Crippen LogP contribution in [0.1, 0.15) is 41.7 Å². The number of nitrogens with one attached hydrogen (secondary N) is 1. The first-order valence-corrected chi connectivity index (χ1v) is 7.99. The lowest BCUT2D eigenvalue weighted by Gasteiger charge is -2.41. The summed E-state index contributed by atoms with van der Waals surface area (Å²) in [6, 6.07) is 3.71. The molecule has 0 atom stereocenters. The third-order valence-electron chi connectivity index (χ3n) is 4.84. The van der Waals surface area contributed by atoms with Crippen molar-refractivity contribution in [3.8, 4) is 5.69 Å². The number of amides is 1. The van der Waals surface area contributed by atoms with Gasteiger partial charge in [-0.1, -0.05) is 6.42 Å². The highest BCUT2D eigenvalue weighted by Crippen LogP contribution is 2.43. The zero-order valence-electron chi connectivity index (χ0n) is 13.3. The van der Waals surface area contributed by atoms with E-state index in [2.05, 4.69) is 15.4 Å². The molecule has 6 nitrogen and oxygen atoms in total. The maximum atomic E-state index is 12.5. The molecule has 6 heteroatoms. The lowest BCUT2D eigenvalue weighted by atomic mass is 9.67. The average Bonchev–Trinajstić information content (AvgIpc) is 2.92. The molecule has 23 heavy (non-hydrogen) atoms. The lowest BCUT2D eigenvalue weighted by molar-refractivity contribution is 0.0732. The molecule has 2 heterocycles. The van der Waals surface area contributed by atoms with Crippen molar-refractivity contribution in [1.29, 1.82) is 0 Å². The molecule has 1 aliphatic carbocycles. The molecule has 0 spiro atoms. The number of aromatic nitrogens is 3. The summed E-state index contributed by atoms with van der Waals surface area (Å²) in [5, 5.41) is 16.5. The smallest absolute Gasteiger partial charge is 0.254 e. The van der Waals surface area contributed by atoms with Crippen LogP contribution in [0.3, 0.4) is 0 Å². The molecular weight excluding hydrogens is 292 g/mol. The second-order valence-electron chi connectivity index (χ2n) is 6.27. The van der Waals surface area contributed by atoms with Gasteiger partial charge in [0.1, 0.15) is 0 Å². The zero-order chi connectivity index (χ0) is 16.3. The van der Waals surface area contributed by atoms with E-state index in [9.17, 15) is 9.90 Å². The molecule has 3 rings (SSSR count). The Morgan fingerprint density at radius 1 is 1.39 bits per heavy atom. The van der Waals surface area contributed by atoms with E-state index in [1.165, 1.54) is 6.42 Å². The highest BCUT2D eigenvalue weighted by molar-refractivity contribution is 5.95. The first-order valence-electron chi connectivity index (χ1n) is 7.99.